The maximum absolute atomic E-state index is 12.8. The molecule has 0 spiro atoms. The normalized spacial score (nSPS) is 13.6. The number of alkyl halides is 3. The molecular weight excluding hydrogens is 375 g/mol. The lowest BCUT2D eigenvalue weighted by Crippen LogP contribution is -2.33. The molecule has 2 aromatic rings. The number of rotatable bonds is 6. The summed E-state index contributed by atoms with van der Waals surface area (Å²) >= 11 is 5.80. The molecule has 0 aliphatic carbocycles. The molecule has 0 amide bonds. The Hall–Kier alpha value is -1.57. The third kappa shape index (κ3) is 5.45. The number of hydrogen-bond donors (Lipinski definition) is 1. The average molecular weight is 392 g/mol. The van der Waals surface area contributed by atoms with Crippen LogP contribution in [0.3, 0.4) is 0 Å². The van der Waals surface area contributed by atoms with Crippen molar-refractivity contribution in [3.05, 3.63) is 64.7 Å². The summed E-state index contributed by atoms with van der Waals surface area (Å²) in [7, 11) is -4.16. The Morgan fingerprint density at radius 1 is 1.12 bits per heavy atom. The Bertz CT molecular complexity index is 824. The van der Waals surface area contributed by atoms with Crippen LogP contribution in [0.1, 0.15) is 24.5 Å². The maximum atomic E-state index is 12.8. The summed E-state index contributed by atoms with van der Waals surface area (Å²) in [5, 5.41) is -0.254. The molecule has 136 valence electrons. The van der Waals surface area contributed by atoms with Crippen LogP contribution in [0.15, 0.2) is 53.4 Å². The predicted molar refractivity (Wildman–Crippen MR) is 91.0 cm³/mol. The Morgan fingerprint density at radius 2 is 1.76 bits per heavy atom. The van der Waals surface area contributed by atoms with Gasteiger partial charge in [0.1, 0.15) is 4.90 Å². The van der Waals surface area contributed by atoms with Crippen LogP contribution in [-0.2, 0) is 22.6 Å². The predicted octanol–water partition coefficient (Wildman–Crippen LogP) is 4.66. The lowest BCUT2D eigenvalue weighted by atomic mass is 10.1. The number of benzene rings is 2. The quantitative estimate of drug-likeness (QED) is 0.778. The van der Waals surface area contributed by atoms with Crippen molar-refractivity contribution in [2.24, 2.45) is 0 Å². The van der Waals surface area contributed by atoms with Gasteiger partial charge in [-0.05, 0) is 43.5 Å². The third-order valence-electron chi connectivity index (χ3n) is 3.61. The van der Waals surface area contributed by atoms with Gasteiger partial charge in [-0.3, -0.25) is 0 Å². The molecule has 3 nitrogen and oxygen atoms in total. The Kier molecular flexibility index (Phi) is 6.13. The minimum atomic E-state index is -4.65. The van der Waals surface area contributed by atoms with E-state index >= 15 is 0 Å². The third-order valence-corrected chi connectivity index (χ3v) is 5.68. The van der Waals surface area contributed by atoms with Crippen LogP contribution in [0.5, 0.6) is 0 Å². The molecular formula is C17H17ClF3NO2S. The van der Waals surface area contributed by atoms with Crippen LogP contribution < -0.4 is 4.72 Å². The molecule has 2 rings (SSSR count). The van der Waals surface area contributed by atoms with Crippen LogP contribution in [-0.4, -0.2) is 14.5 Å². The average Bonchev–Trinajstić information content (AvgIpc) is 2.52. The molecule has 8 heteroatoms. The van der Waals surface area contributed by atoms with Gasteiger partial charge in [0.25, 0.3) is 0 Å². The van der Waals surface area contributed by atoms with Gasteiger partial charge in [0.2, 0.25) is 10.0 Å². The molecule has 0 saturated heterocycles. The van der Waals surface area contributed by atoms with Crippen LogP contribution in [0.2, 0.25) is 5.02 Å². The summed E-state index contributed by atoms with van der Waals surface area (Å²) in [5.41, 5.74) is -0.0140. The first kappa shape index (κ1) is 19.8. The van der Waals surface area contributed by atoms with Crippen molar-refractivity contribution >= 4 is 21.6 Å². The summed E-state index contributed by atoms with van der Waals surface area (Å²) < 4.78 is 65.6. The first-order valence-electron chi connectivity index (χ1n) is 7.52. The molecule has 1 atom stereocenters. The summed E-state index contributed by atoms with van der Waals surface area (Å²) in [6.45, 7) is 1.65. The molecule has 2 aromatic carbocycles. The first-order valence-corrected chi connectivity index (χ1v) is 9.39. The number of nitrogens with one attached hydrogen (secondary N) is 1. The second kappa shape index (κ2) is 7.76. The van der Waals surface area contributed by atoms with E-state index in [1.54, 1.807) is 6.92 Å². The zero-order valence-corrected chi connectivity index (χ0v) is 14.9. The molecule has 0 heterocycles. The zero-order chi connectivity index (χ0) is 18.7. The van der Waals surface area contributed by atoms with Gasteiger partial charge in [0.15, 0.2) is 0 Å². The van der Waals surface area contributed by atoms with E-state index in [9.17, 15) is 21.6 Å². The van der Waals surface area contributed by atoms with E-state index in [0.29, 0.717) is 18.9 Å². The molecule has 25 heavy (non-hydrogen) atoms. The SMILES string of the molecule is CC(CCc1ccccc1)NS(=O)(=O)c1cc(C(F)(F)F)ccc1Cl. The van der Waals surface area contributed by atoms with Crippen molar-refractivity contribution in [1.29, 1.82) is 0 Å². The van der Waals surface area contributed by atoms with Gasteiger partial charge in [-0.25, -0.2) is 13.1 Å². The van der Waals surface area contributed by atoms with Crippen molar-refractivity contribution < 1.29 is 21.6 Å². The highest BCUT2D eigenvalue weighted by atomic mass is 35.5. The van der Waals surface area contributed by atoms with Crippen LogP contribution in [0, 0.1) is 0 Å². The minimum Gasteiger partial charge on any atom is -0.208 e. The van der Waals surface area contributed by atoms with Gasteiger partial charge < -0.3 is 0 Å². The van der Waals surface area contributed by atoms with Gasteiger partial charge >= 0.3 is 6.18 Å². The fourth-order valence-corrected chi connectivity index (χ4v) is 4.10. The van der Waals surface area contributed by atoms with E-state index in [1.807, 2.05) is 30.3 Å². The highest BCUT2D eigenvalue weighted by Gasteiger charge is 2.33. The number of aryl methyl sites for hydroxylation is 1. The molecule has 1 unspecified atom stereocenters. The molecule has 0 bridgehead atoms. The molecule has 1 N–H and O–H groups in total. The summed E-state index contributed by atoms with van der Waals surface area (Å²) in [4.78, 5) is -0.574. The maximum Gasteiger partial charge on any atom is 0.416 e. The van der Waals surface area contributed by atoms with Gasteiger partial charge in [-0.15, -0.1) is 0 Å². The summed E-state index contributed by atoms with van der Waals surface area (Å²) in [6, 6.07) is 11.3. The van der Waals surface area contributed by atoms with Gasteiger partial charge in [-0.1, -0.05) is 41.9 Å². The number of sulfonamides is 1. The van der Waals surface area contributed by atoms with Crippen LogP contribution in [0.4, 0.5) is 13.2 Å². The molecule has 0 fully saturated rings. The number of halogens is 4. The second-order valence-electron chi connectivity index (χ2n) is 5.69. The van der Waals surface area contributed by atoms with E-state index in [2.05, 4.69) is 4.72 Å². The monoisotopic (exact) mass is 391 g/mol. The topological polar surface area (TPSA) is 46.2 Å². The number of hydrogen-bond acceptors (Lipinski definition) is 2. The van der Waals surface area contributed by atoms with Gasteiger partial charge in [0.05, 0.1) is 10.6 Å². The fourth-order valence-electron chi connectivity index (χ4n) is 2.30. The second-order valence-corrected chi connectivity index (χ2v) is 7.78. The standard InChI is InChI=1S/C17H17ClF3NO2S/c1-12(7-8-13-5-3-2-4-6-13)22-25(23,24)16-11-14(17(19,20)21)9-10-15(16)18/h2-6,9-12,22H,7-8H2,1H3. The minimum absolute atomic E-state index is 0.254. The van der Waals surface area contributed by atoms with Gasteiger partial charge in [0, 0.05) is 6.04 Å². The van der Waals surface area contributed by atoms with Crippen LogP contribution >= 0.6 is 11.6 Å². The lowest BCUT2D eigenvalue weighted by molar-refractivity contribution is -0.137. The van der Waals surface area contributed by atoms with Gasteiger partial charge in [-0.2, -0.15) is 13.2 Å². The largest absolute Gasteiger partial charge is 0.416 e. The van der Waals surface area contributed by atoms with Crippen molar-refractivity contribution in [2.45, 2.75) is 36.9 Å². The van der Waals surface area contributed by atoms with E-state index < -0.39 is 32.7 Å². The van der Waals surface area contributed by atoms with E-state index in [1.165, 1.54) is 0 Å². The lowest BCUT2D eigenvalue weighted by Gasteiger charge is -2.16. The zero-order valence-electron chi connectivity index (χ0n) is 13.3. The summed E-state index contributed by atoms with van der Waals surface area (Å²) in [6.07, 6.45) is -3.51. The smallest absolute Gasteiger partial charge is 0.208 e. The Morgan fingerprint density at radius 3 is 2.36 bits per heavy atom. The van der Waals surface area contributed by atoms with E-state index in [4.69, 9.17) is 11.6 Å². The van der Waals surface area contributed by atoms with Crippen molar-refractivity contribution in [2.75, 3.05) is 0 Å². The highest BCUT2D eigenvalue weighted by molar-refractivity contribution is 7.89. The van der Waals surface area contributed by atoms with E-state index in [-0.39, 0.29) is 5.02 Å². The molecule has 0 aliphatic rings. The van der Waals surface area contributed by atoms with Crippen LogP contribution in [0.25, 0.3) is 0 Å². The van der Waals surface area contributed by atoms with Crippen molar-refractivity contribution in [3.8, 4) is 0 Å². The summed E-state index contributed by atoms with van der Waals surface area (Å²) in [5.74, 6) is 0. The van der Waals surface area contributed by atoms with Crippen molar-refractivity contribution in [3.63, 3.8) is 0 Å². The molecule has 0 aliphatic heterocycles. The Balaban J connectivity index is 2.13. The van der Waals surface area contributed by atoms with E-state index in [0.717, 1.165) is 17.7 Å². The highest BCUT2D eigenvalue weighted by Crippen LogP contribution is 2.33. The Labute approximate surface area is 149 Å². The molecule has 0 radical (unpaired) electrons. The van der Waals surface area contributed by atoms with Crippen molar-refractivity contribution in [1.82, 2.24) is 4.72 Å². The first-order chi connectivity index (χ1) is 11.6. The fraction of sp³-hybridized carbons (Fsp3) is 0.294. The molecule has 0 saturated carbocycles. The molecule has 0 aromatic heterocycles.